The van der Waals surface area contributed by atoms with Crippen LogP contribution in [0, 0.1) is 5.92 Å². The van der Waals surface area contributed by atoms with Crippen LogP contribution < -0.4 is 9.80 Å². The number of thioether (sulfide) groups is 1. The second-order valence-corrected chi connectivity index (χ2v) is 8.83. The van der Waals surface area contributed by atoms with Gasteiger partial charge in [0.2, 0.25) is 17.2 Å². The molecule has 29 heavy (non-hydrogen) atoms. The Morgan fingerprint density at radius 3 is 2.34 bits per heavy atom. The SMILES string of the molecule is O=C([C@H]1CCCN(c2nc3nonc3nc2N2CCSCC2)C1)N1CCOCC1. The average molecular weight is 420 g/mol. The minimum atomic E-state index is -0.0282. The van der Waals surface area contributed by atoms with Crippen molar-refractivity contribution in [3.05, 3.63) is 0 Å². The van der Waals surface area contributed by atoms with Crippen molar-refractivity contribution in [2.75, 3.05) is 73.8 Å². The zero-order valence-corrected chi connectivity index (χ0v) is 17.1. The van der Waals surface area contributed by atoms with Gasteiger partial charge in [-0.05, 0) is 23.2 Å². The third-order valence-electron chi connectivity index (χ3n) is 5.78. The first kappa shape index (κ1) is 18.9. The molecule has 1 amide bonds. The largest absolute Gasteiger partial charge is 0.378 e. The van der Waals surface area contributed by atoms with Gasteiger partial charge in [-0.3, -0.25) is 4.79 Å². The Morgan fingerprint density at radius 2 is 1.62 bits per heavy atom. The maximum absolute atomic E-state index is 13.0. The van der Waals surface area contributed by atoms with Crippen molar-refractivity contribution in [3.8, 4) is 0 Å². The van der Waals surface area contributed by atoms with Crippen LogP contribution in [0.1, 0.15) is 12.8 Å². The molecule has 3 aliphatic heterocycles. The number of aromatic nitrogens is 4. The van der Waals surface area contributed by atoms with Gasteiger partial charge in [0.15, 0.2) is 11.6 Å². The number of anilines is 2. The van der Waals surface area contributed by atoms with Gasteiger partial charge in [-0.25, -0.2) is 14.6 Å². The number of hydrogen-bond acceptors (Lipinski definition) is 10. The van der Waals surface area contributed by atoms with Crippen molar-refractivity contribution in [2.24, 2.45) is 5.92 Å². The molecule has 11 heteroatoms. The molecule has 0 unspecified atom stereocenters. The summed E-state index contributed by atoms with van der Waals surface area (Å²) in [6.45, 7) is 5.97. The van der Waals surface area contributed by atoms with Gasteiger partial charge in [-0.2, -0.15) is 11.8 Å². The van der Waals surface area contributed by atoms with Gasteiger partial charge in [-0.1, -0.05) is 0 Å². The highest BCUT2D eigenvalue weighted by Gasteiger charge is 2.33. The van der Waals surface area contributed by atoms with Crippen LogP contribution in [0.25, 0.3) is 11.3 Å². The van der Waals surface area contributed by atoms with E-state index in [1.165, 1.54) is 0 Å². The van der Waals surface area contributed by atoms with Crippen molar-refractivity contribution in [1.29, 1.82) is 0 Å². The van der Waals surface area contributed by atoms with E-state index in [9.17, 15) is 4.79 Å². The lowest BCUT2D eigenvalue weighted by molar-refractivity contribution is -0.139. The number of fused-ring (bicyclic) bond motifs is 1. The average Bonchev–Trinajstić information content (AvgIpc) is 3.27. The molecule has 5 heterocycles. The third-order valence-corrected chi connectivity index (χ3v) is 6.72. The van der Waals surface area contributed by atoms with Gasteiger partial charge < -0.3 is 19.4 Å². The van der Waals surface area contributed by atoms with Crippen LogP contribution in [0.15, 0.2) is 4.63 Å². The van der Waals surface area contributed by atoms with Gasteiger partial charge >= 0.3 is 0 Å². The number of piperidine rings is 1. The van der Waals surface area contributed by atoms with E-state index in [1.54, 1.807) is 0 Å². The third kappa shape index (κ3) is 3.85. The topological polar surface area (TPSA) is 101 Å². The molecule has 0 bridgehead atoms. The van der Waals surface area contributed by atoms with E-state index in [2.05, 4.69) is 20.1 Å². The number of carbonyl (C=O) groups is 1. The lowest BCUT2D eigenvalue weighted by Gasteiger charge is -2.38. The van der Waals surface area contributed by atoms with E-state index in [1.807, 2.05) is 16.7 Å². The summed E-state index contributed by atoms with van der Waals surface area (Å²) in [6, 6.07) is 0. The van der Waals surface area contributed by atoms with E-state index in [-0.39, 0.29) is 11.8 Å². The molecule has 3 aliphatic rings. The normalized spacial score (nSPS) is 23.6. The highest BCUT2D eigenvalue weighted by Crippen LogP contribution is 2.32. The number of morpholine rings is 1. The van der Waals surface area contributed by atoms with E-state index in [0.717, 1.165) is 55.6 Å². The summed E-state index contributed by atoms with van der Waals surface area (Å²) < 4.78 is 10.2. The van der Waals surface area contributed by atoms with Crippen molar-refractivity contribution in [2.45, 2.75) is 12.8 Å². The zero-order chi connectivity index (χ0) is 19.6. The maximum Gasteiger partial charge on any atom is 0.245 e. The highest BCUT2D eigenvalue weighted by molar-refractivity contribution is 7.99. The molecule has 0 aromatic carbocycles. The minimum Gasteiger partial charge on any atom is -0.378 e. The lowest BCUT2D eigenvalue weighted by atomic mass is 9.96. The lowest BCUT2D eigenvalue weighted by Crippen LogP contribution is -2.49. The first-order valence-corrected chi connectivity index (χ1v) is 11.4. The van der Waals surface area contributed by atoms with E-state index in [0.29, 0.717) is 44.1 Å². The molecule has 3 saturated heterocycles. The first-order chi connectivity index (χ1) is 14.3. The molecule has 2 aromatic heterocycles. The fraction of sp³-hybridized carbons (Fsp3) is 0.722. The minimum absolute atomic E-state index is 0.0282. The molecule has 0 saturated carbocycles. The zero-order valence-electron chi connectivity index (χ0n) is 16.3. The second kappa shape index (κ2) is 8.31. The van der Waals surface area contributed by atoms with Crippen LogP contribution in [0.2, 0.25) is 0 Å². The van der Waals surface area contributed by atoms with Gasteiger partial charge in [0.1, 0.15) is 0 Å². The van der Waals surface area contributed by atoms with Crippen molar-refractivity contribution in [3.63, 3.8) is 0 Å². The van der Waals surface area contributed by atoms with Crippen molar-refractivity contribution in [1.82, 2.24) is 25.2 Å². The number of amides is 1. The predicted molar refractivity (Wildman–Crippen MR) is 109 cm³/mol. The summed E-state index contributed by atoms with van der Waals surface area (Å²) in [5, 5.41) is 7.77. The maximum atomic E-state index is 13.0. The van der Waals surface area contributed by atoms with Crippen molar-refractivity contribution < 1.29 is 14.2 Å². The fourth-order valence-corrected chi connectivity index (χ4v) is 5.14. The van der Waals surface area contributed by atoms with Crippen LogP contribution >= 0.6 is 11.8 Å². The summed E-state index contributed by atoms with van der Waals surface area (Å²) in [5.74, 6) is 3.95. The van der Waals surface area contributed by atoms with Crippen LogP contribution in [0.5, 0.6) is 0 Å². The molecule has 1 atom stereocenters. The number of ether oxygens (including phenoxy) is 1. The molecule has 0 radical (unpaired) electrons. The second-order valence-electron chi connectivity index (χ2n) is 7.60. The number of nitrogens with zero attached hydrogens (tertiary/aromatic N) is 7. The smallest absolute Gasteiger partial charge is 0.245 e. The molecule has 5 rings (SSSR count). The molecule has 156 valence electrons. The van der Waals surface area contributed by atoms with E-state index >= 15 is 0 Å². The molecule has 0 aliphatic carbocycles. The quantitative estimate of drug-likeness (QED) is 0.704. The fourth-order valence-electron chi connectivity index (χ4n) is 4.23. The van der Waals surface area contributed by atoms with Crippen LogP contribution in [-0.4, -0.2) is 95.1 Å². The molecular weight excluding hydrogens is 394 g/mol. The Balaban J connectivity index is 1.42. The summed E-state index contributed by atoms with van der Waals surface area (Å²) in [7, 11) is 0. The summed E-state index contributed by atoms with van der Waals surface area (Å²) >= 11 is 1.95. The summed E-state index contributed by atoms with van der Waals surface area (Å²) in [5.41, 5.74) is 0.844. The Kier molecular flexibility index (Phi) is 5.40. The van der Waals surface area contributed by atoms with Gasteiger partial charge in [0.25, 0.3) is 0 Å². The number of hydrogen-bond donors (Lipinski definition) is 0. The summed E-state index contributed by atoms with van der Waals surface area (Å²) in [6.07, 6.45) is 1.86. The Morgan fingerprint density at radius 1 is 0.931 bits per heavy atom. The summed E-state index contributed by atoms with van der Waals surface area (Å²) in [4.78, 5) is 28.9. The number of carbonyl (C=O) groups excluding carboxylic acids is 1. The molecule has 2 aromatic rings. The van der Waals surface area contributed by atoms with Crippen LogP contribution in [0.3, 0.4) is 0 Å². The Labute approximate surface area is 172 Å². The Bertz CT molecular complexity index is 866. The van der Waals surface area contributed by atoms with E-state index < -0.39 is 0 Å². The standard InChI is InChI=1S/C18H25N7O3S/c26-18(24-4-8-27-9-5-24)13-2-1-3-25(12-13)17-16(23-6-10-29-11-7-23)19-14-15(20-17)22-28-21-14/h13H,1-12H2/t13-/m0/s1. The van der Waals surface area contributed by atoms with E-state index in [4.69, 9.17) is 19.3 Å². The van der Waals surface area contributed by atoms with Gasteiger partial charge in [-0.15, -0.1) is 0 Å². The van der Waals surface area contributed by atoms with Crippen LogP contribution in [0.4, 0.5) is 11.6 Å². The molecule has 0 spiro atoms. The van der Waals surface area contributed by atoms with Gasteiger partial charge in [0, 0.05) is 50.8 Å². The molecule has 3 fully saturated rings. The first-order valence-electron chi connectivity index (χ1n) is 10.2. The monoisotopic (exact) mass is 419 g/mol. The van der Waals surface area contributed by atoms with Gasteiger partial charge in [0.05, 0.1) is 19.1 Å². The number of rotatable bonds is 3. The predicted octanol–water partition coefficient (Wildman–Crippen LogP) is 0.641. The molecular formula is C18H25N7O3S. The molecule has 0 N–H and O–H groups in total. The van der Waals surface area contributed by atoms with Crippen molar-refractivity contribution >= 4 is 40.6 Å². The molecule has 10 nitrogen and oxygen atoms in total. The van der Waals surface area contributed by atoms with Crippen LogP contribution in [-0.2, 0) is 9.53 Å². The highest BCUT2D eigenvalue weighted by atomic mass is 32.2. The Hall–Kier alpha value is -2.14.